The van der Waals surface area contributed by atoms with Crippen molar-refractivity contribution in [3.8, 4) is 11.3 Å². The second-order valence-electron chi connectivity index (χ2n) is 5.79. The molecule has 5 heteroatoms. The number of carbonyl (C=O) groups is 1. The Morgan fingerprint density at radius 1 is 1.08 bits per heavy atom. The zero-order chi connectivity index (χ0) is 17.4. The monoisotopic (exact) mass is 347 g/mol. The molecule has 0 aliphatic carbocycles. The van der Waals surface area contributed by atoms with E-state index in [1.165, 1.54) is 4.68 Å². The van der Waals surface area contributed by atoms with Crippen molar-refractivity contribution < 1.29 is 4.79 Å². The van der Waals surface area contributed by atoms with E-state index in [-0.39, 0.29) is 5.91 Å². The van der Waals surface area contributed by atoms with Gasteiger partial charge in [0.05, 0.1) is 16.8 Å². The van der Waals surface area contributed by atoms with E-state index in [0.29, 0.717) is 10.6 Å². The fraction of sp³-hybridized carbons (Fsp3) is 0.0500. The first-order valence-corrected chi connectivity index (χ1v) is 8.22. The summed E-state index contributed by atoms with van der Waals surface area (Å²) in [4.78, 5) is 17.7. The van der Waals surface area contributed by atoms with Gasteiger partial charge in [-0.2, -0.15) is 5.10 Å². The number of benzene rings is 2. The zero-order valence-electron chi connectivity index (χ0n) is 13.5. The Morgan fingerprint density at radius 3 is 2.60 bits per heavy atom. The number of aromatic nitrogens is 3. The Labute approximate surface area is 149 Å². The van der Waals surface area contributed by atoms with E-state index in [0.717, 1.165) is 27.7 Å². The van der Waals surface area contributed by atoms with Gasteiger partial charge in [-0.05, 0) is 36.8 Å². The molecular formula is C20H14ClN3O. The minimum atomic E-state index is -0.182. The highest BCUT2D eigenvalue weighted by Crippen LogP contribution is 2.28. The van der Waals surface area contributed by atoms with E-state index in [9.17, 15) is 4.79 Å². The Hall–Kier alpha value is -2.98. The third-order valence-corrected chi connectivity index (χ3v) is 4.38. The standard InChI is InChI=1S/C20H14ClN3O/c1-13-4-2-5-16-17(20(25)24-11-3-10-22-24)12-18(23-19(13)16)14-6-8-15(21)9-7-14/h2-12H,1H3. The van der Waals surface area contributed by atoms with Crippen LogP contribution in [0.25, 0.3) is 22.2 Å². The maximum atomic E-state index is 12.9. The molecule has 4 rings (SSSR count). The molecule has 0 saturated carbocycles. The van der Waals surface area contributed by atoms with Crippen LogP contribution in [0, 0.1) is 6.92 Å². The smallest absolute Gasteiger partial charge is 0.267 e. The number of pyridine rings is 1. The lowest BCUT2D eigenvalue weighted by atomic mass is 10.0. The summed E-state index contributed by atoms with van der Waals surface area (Å²) in [5, 5.41) is 5.54. The summed E-state index contributed by atoms with van der Waals surface area (Å²) in [7, 11) is 0. The number of carbonyl (C=O) groups excluding carboxylic acids is 1. The summed E-state index contributed by atoms with van der Waals surface area (Å²) in [6.45, 7) is 1.99. The van der Waals surface area contributed by atoms with E-state index in [1.807, 2.05) is 55.5 Å². The molecule has 25 heavy (non-hydrogen) atoms. The molecule has 122 valence electrons. The van der Waals surface area contributed by atoms with Crippen LogP contribution in [0.4, 0.5) is 0 Å². The van der Waals surface area contributed by atoms with Crippen LogP contribution in [0.1, 0.15) is 15.9 Å². The van der Waals surface area contributed by atoms with E-state index in [1.54, 1.807) is 18.5 Å². The third kappa shape index (κ3) is 2.81. The summed E-state index contributed by atoms with van der Waals surface area (Å²) in [6.07, 6.45) is 3.24. The van der Waals surface area contributed by atoms with Crippen molar-refractivity contribution in [1.29, 1.82) is 0 Å². The van der Waals surface area contributed by atoms with Gasteiger partial charge < -0.3 is 0 Å². The van der Waals surface area contributed by atoms with Crippen LogP contribution in [-0.2, 0) is 0 Å². The molecule has 0 spiro atoms. The molecule has 0 bridgehead atoms. The molecule has 0 atom stereocenters. The van der Waals surface area contributed by atoms with Gasteiger partial charge in [-0.1, -0.05) is 41.9 Å². The highest BCUT2D eigenvalue weighted by molar-refractivity contribution is 6.30. The van der Waals surface area contributed by atoms with Crippen molar-refractivity contribution in [2.75, 3.05) is 0 Å². The average Bonchev–Trinajstić information content (AvgIpc) is 3.16. The van der Waals surface area contributed by atoms with Gasteiger partial charge in [0.15, 0.2) is 0 Å². The first kappa shape index (κ1) is 15.5. The molecule has 4 nitrogen and oxygen atoms in total. The Morgan fingerprint density at radius 2 is 1.88 bits per heavy atom. The van der Waals surface area contributed by atoms with Crippen molar-refractivity contribution in [2.24, 2.45) is 0 Å². The predicted octanol–water partition coefficient (Wildman–Crippen LogP) is 4.75. The molecule has 2 aromatic carbocycles. The van der Waals surface area contributed by atoms with E-state index < -0.39 is 0 Å². The van der Waals surface area contributed by atoms with Gasteiger partial charge in [0.25, 0.3) is 5.91 Å². The second kappa shape index (κ2) is 6.15. The number of fused-ring (bicyclic) bond motifs is 1. The maximum Gasteiger partial charge on any atom is 0.278 e. The Kier molecular flexibility index (Phi) is 3.82. The number of rotatable bonds is 2. The summed E-state index contributed by atoms with van der Waals surface area (Å²) in [6, 6.07) is 16.8. The second-order valence-corrected chi connectivity index (χ2v) is 6.23. The number of nitrogens with zero attached hydrogens (tertiary/aromatic N) is 3. The predicted molar refractivity (Wildman–Crippen MR) is 98.9 cm³/mol. The summed E-state index contributed by atoms with van der Waals surface area (Å²) >= 11 is 5.98. The summed E-state index contributed by atoms with van der Waals surface area (Å²) in [5.41, 5.74) is 4.04. The van der Waals surface area contributed by atoms with Gasteiger partial charge in [0, 0.05) is 28.4 Å². The van der Waals surface area contributed by atoms with Gasteiger partial charge in [-0.3, -0.25) is 4.79 Å². The minimum Gasteiger partial charge on any atom is -0.267 e. The topological polar surface area (TPSA) is 47.8 Å². The van der Waals surface area contributed by atoms with Crippen LogP contribution in [0.15, 0.2) is 67.0 Å². The van der Waals surface area contributed by atoms with Gasteiger partial charge in [-0.25, -0.2) is 9.67 Å². The minimum absolute atomic E-state index is 0.182. The fourth-order valence-corrected chi connectivity index (χ4v) is 2.98. The third-order valence-electron chi connectivity index (χ3n) is 4.12. The molecule has 0 aliphatic rings. The first-order valence-electron chi connectivity index (χ1n) is 7.84. The van der Waals surface area contributed by atoms with Crippen LogP contribution >= 0.6 is 11.6 Å². The van der Waals surface area contributed by atoms with Crippen LogP contribution in [-0.4, -0.2) is 20.7 Å². The molecule has 0 amide bonds. The largest absolute Gasteiger partial charge is 0.278 e. The van der Waals surface area contributed by atoms with Gasteiger partial charge in [0.2, 0.25) is 0 Å². The molecule has 0 N–H and O–H groups in total. The SMILES string of the molecule is Cc1cccc2c(C(=O)n3cccn3)cc(-c3ccc(Cl)cc3)nc12. The molecule has 0 unspecified atom stereocenters. The van der Waals surface area contributed by atoms with Crippen LogP contribution in [0.3, 0.4) is 0 Å². The van der Waals surface area contributed by atoms with Gasteiger partial charge in [-0.15, -0.1) is 0 Å². The number of halogens is 1. The number of aryl methyl sites for hydroxylation is 1. The van der Waals surface area contributed by atoms with Crippen molar-refractivity contribution in [1.82, 2.24) is 14.8 Å². The molecular weight excluding hydrogens is 334 g/mol. The van der Waals surface area contributed by atoms with Crippen molar-refractivity contribution in [2.45, 2.75) is 6.92 Å². The quantitative estimate of drug-likeness (QED) is 0.525. The average molecular weight is 348 g/mol. The van der Waals surface area contributed by atoms with E-state index in [4.69, 9.17) is 16.6 Å². The van der Waals surface area contributed by atoms with Crippen molar-refractivity contribution >= 4 is 28.4 Å². The van der Waals surface area contributed by atoms with E-state index >= 15 is 0 Å². The number of hydrogen-bond donors (Lipinski definition) is 0. The normalized spacial score (nSPS) is 11.0. The first-order chi connectivity index (χ1) is 12.1. The lowest BCUT2D eigenvalue weighted by Gasteiger charge is -2.11. The van der Waals surface area contributed by atoms with Crippen LogP contribution < -0.4 is 0 Å². The zero-order valence-corrected chi connectivity index (χ0v) is 14.2. The number of para-hydroxylation sites is 1. The molecule has 0 saturated heterocycles. The molecule has 2 aromatic heterocycles. The Bertz CT molecular complexity index is 1070. The van der Waals surface area contributed by atoms with Gasteiger partial charge >= 0.3 is 0 Å². The molecule has 2 heterocycles. The highest BCUT2D eigenvalue weighted by atomic mass is 35.5. The highest BCUT2D eigenvalue weighted by Gasteiger charge is 2.16. The molecule has 0 fully saturated rings. The summed E-state index contributed by atoms with van der Waals surface area (Å²) in [5.74, 6) is -0.182. The van der Waals surface area contributed by atoms with Crippen molar-refractivity contribution in [3.05, 3.63) is 83.1 Å². The van der Waals surface area contributed by atoms with Crippen LogP contribution in [0.2, 0.25) is 5.02 Å². The lowest BCUT2D eigenvalue weighted by molar-refractivity contribution is 0.0947. The summed E-state index contributed by atoms with van der Waals surface area (Å²) < 4.78 is 1.34. The van der Waals surface area contributed by atoms with E-state index in [2.05, 4.69) is 5.10 Å². The number of hydrogen-bond acceptors (Lipinski definition) is 3. The molecule has 0 radical (unpaired) electrons. The van der Waals surface area contributed by atoms with Crippen LogP contribution in [0.5, 0.6) is 0 Å². The molecule has 4 aromatic rings. The van der Waals surface area contributed by atoms with Gasteiger partial charge in [0.1, 0.15) is 0 Å². The Balaban J connectivity index is 1.98. The fourth-order valence-electron chi connectivity index (χ4n) is 2.85. The lowest BCUT2D eigenvalue weighted by Crippen LogP contribution is -2.13. The van der Waals surface area contributed by atoms with Crippen molar-refractivity contribution in [3.63, 3.8) is 0 Å². The molecule has 0 aliphatic heterocycles. The maximum absolute atomic E-state index is 12.9.